The van der Waals surface area contributed by atoms with Crippen molar-refractivity contribution in [3.8, 4) is 17.2 Å². The van der Waals surface area contributed by atoms with Gasteiger partial charge in [0.25, 0.3) is 0 Å². The van der Waals surface area contributed by atoms with Crippen LogP contribution in [0, 0.1) is 0 Å². The lowest BCUT2D eigenvalue weighted by Gasteiger charge is -2.35. The van der Waals surface area contributed by atoms with Crippen molar-refractivity contribution in [2.75, 3.05) is 70.0 Å². The van der Waals surface area contributed by atoms with Crippen LogP contribution in [0.15, 0.2) is 42.5 Å². The zero-order valence-electron chi connectivity index (χ0n) is 19.0. The minimum Gasteiger partial charge on any atom is -0.497 e. The van der Waals surface area contributed by atoms with E-state index in [1.54, 1.807) is 25.3 Å². The Kier molecular flexibility index (Phi) is 8.23. The average Bonchev–Trinajstić information content (AvgIpc) is 2.84. The van der Waals surface area contributed by atoms with Crippen LogP contribution in [0.3, 0.4) is 0 Å². The van der Waals surface area contributed by atoms with E-state index in [0.717, 1.165) is 11.4 Å². The summed E-state index contributed by atoms with van der Waals surface area (Å²) in [5.41, 5.74) is 1.53. The molecule has 0 aliphatic carbocycles. The molecule has 1 aliphatic heterocycles. The predicted molar refractivity (Wildman–Crippen MR) is 127 cm³/mol. The fourth-order valence-electron chi connectivity index (χ4n) is 3.53. The van der Waals surface area contributed by atoms with Gasteiger partial charge in [0.15, 0.2) is 11.5 Å². The van der Waals surface area contributed by atoms with Gasteiger partial charge in [0.05, 0.1) is 27.1 Å². The molecule has 0 bridgehead atoms. The van der Waals surface area contributed by atoms with Gasteiger partial charge in [0.2, 0.25) is 10.0 Å². The Morgan fingerprint density at radius 2 is 1.58 bits per heavy atom. The van der Waals surface area contributed by atoms with Crippen LogP contribution in [0.5, 0.6) is 17.2 Å². The summed E-state index contributed by atoms with van der Waals surface area (Å²) in [6.45, 7) is 1.98. The Labute approximate surface area is 194 Å². The molecule has 10 nitrogen and oxygen atoms in total. The lowest BCUT2D eigenvalue weighted by Crippen LogP contribution is -2.50. The summed E-state index contributed by atoms with van der Waals surface area (Å²) in [6, 6.07) is 12.2. The molecule has 1 heterocycles. The SMILES string of the molecule is COc1ccc(N2CCN(S(=O)(=O)CCNC(=O)Nc3ccc(OC)c(OC)c3)CC2)cc1. The number of anilines is 2. The second-order valence-electron chi connectivity index (χ2n) is 7.35. The van der Waals surface area contributed by atoms with E-state index in [1.807, 2.05) is 24.3 Å². The van der Waals surface area contributed by atoms with Gasteiger partial charge in [0.1, 0.15) is 5.75 Å². The van der Waals surface area contributed by atoms with Crippen molar-refractivity contribution in [2.45, 2.75) is 0 Å². The van der Waals surface area contributed by atoms with Crippen molar-refractivity contribution in [1.82, 2.24) is 9.62 Å². The van der Waals surface area contributed by atoms with E-state index in [9.17, 15) is 13.2 Å². The summed E-state index contributed by atoms with van der Waals surface area (Å²) in [6.07, 6.45) is 0. The Morgan fingerprint density at radius 3 is 2.18 bits per heavy atom. The van der Waals surface area contributed by atoms with Crippen LogP contribution in [0.25, 0.3) is 0 Å². The number of nitrogens with zero attached hydrogens (tertiary/aromatic N) is 2. The molecule has 1 aliphatic rings. The number of benzene rings is 2. The first-order chi connectivity index (χ1) is 15.9. The number of sulfonamides is 1. The maximum Gasteiger partial charge on any atom is 0.319 e. The molecule has 33 heavy (non-hydrogen) atoms. The number of hydrogen-bond acceptors (Lipinski definition) is 7. The van der Waals surface area contributed by atoms with Crippen LogP contribution in [0.1, 0.15) is 0 Å². The molecule has 11 heteroatoms. The molecule has 2 aromatic rings. The largest absolute Gasteiger partial charge is 0.497 e. The quantitative estimate of drug-likeness (QED) is 0.567. The molecular formula is C22H30N4O6S. The monoisotopic (exact) mass is 478 g/mol. The van der Waals surface area contributed by atoms with Gasteiger partial charge >= 0.3 is 6.03 Å². The predicted octanol–water partition coefficient (Wildman–Crippen LogP) is 1.99. The molecule has 0 atom stereocenters. The number of piperazine rings is 1. The van der Waals surface area contributed by atoms with Crippen molar-refractivity contribution in [3.05, 3.63) is 42.5 Å². The highest BCUT2D eigenvalue weighted by atomic mass is 32.2. The summed E-state index contributed by atoms with van der Waals surface area (Å²) in [5, 5.41) is 5.24. The normalized spacial score (nSPS) is 14.5. The molecule has 1 saturated heterocycles. The Morgan fingerprint density at radius 1 is 0.909 bits per heavy atom. The van der Waals surface area contributed by atoms with Crippen molar-refractivity contribution in [3.63, 3.8) is 0 Å². The summed E-state index contributed by atoms with van der Waals surface area (Å²) >= 11 is 0. The van der Waals surface area contributed by atoms with E-state index >= 15 is 0 Å². The van der Waals surface area contributed by atoms with Gasteiger partial charge in [0, 0.05) is 50.2 Å². The molecule has 0 spiro atoms. The average molecular weight is 479 g/mol. The highest BCUT2D eigenvalue weighted by Gasteiger charge is 2.27. The smallest absolute Gasteiger partial charge is 0.319 e. The number of amides is 2. The number of nitrogens with one attached hydrogen (secondary N) is 2. The number of ether oxygens (including phenoxy) is 3. The zero-order chi connectivity index (χ0) is 23.8. The fraction of sp³-hybridized carbons (Fsp3) is 0.409. The number of methoxy groups -OCH3 is 3. The van der Waals surface area contributed by atoms with Crippen LogP contribution in [-0.2, 0) is 10.0 Å². The van der Waals surface area contributed by atoms with Crippen LogP contribution >= 0.6 is 0 Å². The summed E-state index contributed by atoms with van der Waals surface area (Å²) < 4.78 is 42.4. The molecule has 180 valence electrons. The third-order valence-electron chi connectivity index (χ3n) is 5.36. The first kappa shape index (κ1) is 24.5. The van der Waals surface area contributed by atoms with Crippen molar-refractivity contribution in [2.24, 2.45) is 0 Å². The molecular weight excluding hydrogens is 448 g/mol. The molecule has 3 rings (SSSR count). The molecule has 0 saturated carbocycles. The molecule has 1 fully saturated rings. The van der Waals surface area contributed by atoms with E-state index < -0.39 is 16.1 Å². The van der Waals surface area contributed by atoms with Gasteiger partial charge in [-0.2, -0.15) is 4.31 Å². The topological polar surface area (TPSA) is 109 Å². The van der Waals surface area contributed by atoms with Gasteiger partial charge in [-0.1, -0.05) is 0 Å². The number of urea groups is 1. The van der Waals surface area contributed by atoms with E-state index in [4.69, 9.17) is 14.2 Å². The fourth-order valence-corrected chi connectivity index (χ4v) is 4.87. The highest BCUT2D eigenvalue weighted by molar-refractivity contribution is 7.89. The van der Waals surface area contributed by atoms with Crippen LogP contribution in [-0.4, -0.2) is 78.6 Å². The summed E-state index contributed by atoms with van der Waals surface area (Å²) in [5.74, 6) is 1.63. The van der Waals surface area contributed by atoms with E-state index in [1.165, 1.54) is 18.5 Å². The second-order valence-corrected chi connectivity index (χ2v) is 9.44. The molecule has 0 radical (unpaired) electrons. The maximum atomic E-state index is 12.7. The Hall–Kier alpha value is -3.18. The molecule has 2 N–H and O–H groups in total. The highest BCUT2D eigenvalue weighted by Crippen LogP contribution is 2.29. The lowest BCUT2D eigenvalue weighted by molar-refractivity contribution is 0.252. The van der Waals surface area contributed by atoms with E-state index in [2.05, 4.69) is 15.5 Å². The zero-order valence-corrected chi connectivity index (χ0v) is 19.9. The number of hydrogen-bond donors (Lipinski definition) is 2. The minimum absolute atomic E-state index is 0.000149. The van der Waals surface area contributed by atoms with Crippen LogP contribution < -0.4 is 29.7 Å². The third kappa shape index (κ3) is 6.42. The number of rotatable bonds is 9. The summed E-state index contributed by atoms with van der Waals surface area (Å²) in [4.78, 5) is 14.3. The van der Waals surface area contributed by atoms with Crippen molar-refractivity contribution >= 4 is 27.4 Å². The van der Waals surface area contributed by atoms with Crippen LogP contribution in [0.4, 0.5) is 16.2 Å². The Bertz CT molecular complexity index is 1040. The standard InChI is InChI=1S/C22H30N4O6S/c1-30-19-7-5-18(6-8-19)25-11-13-26(14-12-25)33(28,29)15-10-23-22(27)24-17-4-9-20(31-2)21(16-17)32-3/h4-9,16H,10-15H2,1-3H3,(H2,23,24,27). The first-order valence-corrected chi connectivity index (χ1v) is 12.1. The van der Waals surface area contributed by atoms with Gasteiger partial charge in [-0.25, -0.2) is 13.2 Å². The molecule has 2 amide bonds. The molecule has 2 aromatic carbocycles. The van der Waals surface area contributed by atoms with Crippen molar-refractivity contribution < 1.29 is 27.4 Å². The van der Waals surface area contributed by atoms with Crippen molar-refractivity contribution in [1.29, 1.82) is 0 Å². The molecule has 0 aromatic heterocycles. The third-order valence-corrected chi connectivity index (χ3v) is 7.23. The van der Waals surface area contributed by atoms with Gasteiger partial charge < -0.3 is 29.7 Å². The lowest BCUT2D eigenvalue weighted by atomic mass is 10.2. The van der Waals surface area contributed by atoms with E-state index in [0.29, 0.717) is 43.4 Å². The molecule has 0 unspecified atom stereocenters. The van der Waals surface area contributed by atoms with E-state index in [-0.39, 0.29) is 12.3 Å². The van der Waals surface area contributed by atoms with Gasteiger partial charge in [-0.15, -0.1) is 0 Å². The minimum atomic E-state index is -3.48. The second kappa shape index (κ2) is 11.1. The Balaban J connectivity index is 1.45. The van der Waals surface area contributed by atoms with Gasteiger partial charge in [-0.05, 0) is 36.4 Å². The van der Waals surface area contributed by atoms with Crippen LogP contribution in [0.2, 0.25) is 0 Å². The maximum absolute atomic E-state index is 12.7. The first-order valence-electron chi connectivity index (χ1n) is 10.5. The number of carbonyl (C=O) groups excluding carboxylic acids is 1. The summed E-state index contributed by atoms with van der Waals surface area (Å²) in [7, 11) is 1.17. The van der Waals surface area contributed by atoms with Gasteiger partial charge in [-0.3, -0.25) is 0 Å². The number of carbonyl (C=O) groups is 1.